The van der Waals surface area contributed by atoms with Gasteiger partial charge in [0.05, 0.1) is 11.9 Å². The van der Waals surface area contributed by atoms with Gasteiger partial charge in [0, 0.05) is 5.38 Å². The van der Waals surface area contributed by atoms with Crippen molar-refractivity contribution in [1.82, 2.24) is 14.6 Å². The van der Waals surface area contributed by atoms with E-state index in [9.17, 15) is 4.79 Å². The number of aromatic nitrogens is 3. The van der Waals surface area contributed by atoms with E-state index < -0.39 is 0 Å². The molecule has 2 heterocycles. The Morgan fingerprint density at radius 1 is 1.50 bits per heavy atom. The van der Waals surface area contributed by atoms with Crippen LogP contribution in [0.25, 0.3) is 0 Å². The third-order valence-corrected chi connectivity index (χ3v) is 2.66. The van der Waals surface area contributed by atoms with Crippen molar-refractivity contribution in [2.45, 2.75) is 0 Å². The van der Waals surface area contributed by atoms with E-state index in [-0.39, 0.29) is 16.0 Å². The van der Waals surface area contributed by atoms with Crippen molar-refractivity contribution in [2.75, 3.05) is 11.1 Å². The van der Waals surface area contributed by atoms with Crippen molar-refractivity contribution in [2.24, 2.45) is 0 Å². The summed E-state index contributed by atoms with van der Waals surface area (Å²) in [5.41, 5.74) is 5.99. The number of hydrogen-bond acceptors (Lipinski definition) is 7. The summed E-state index contributed by atoms with van der Waals surface area (Å²) in [6.45, 7) is 0. The first kappa shape index (κ1) is 9.03. The second-order valence-corrected chi connectivity index (χ2v) is 3.98. The zero-order valence-corrected chi connectivity index (χ0v) is 8.43. The van der Waals surface area contributed by atoms with Crippen LogP contribution in [-0.4, -0.2) is 20.5 Å². The number of carbonyl (C=O) groups is 1. The molecule has 0 aliphatic rings. The van der Waals surface area contributed by atoms with Crippen molar-refractivity contribution < 1.29 is 4.79 Å². The number of anilines is 2. The molecule has 2 rings (SSSR count). The lowest BCUT2D eigenvalue weighted by Gasteiger charge is -1.95. The topological polar surface area (TPSA) is 93.8 Å². The maximum Gasteiger partial charge on any atom is 0.286 e. The van der Waals surface area contributed by atoms with Crippen molar-refractivity contribution in [3.63, 3.8) is 0 Å². The lowest BCUT2D eigenvalue weighted by atomic mass is 10.5. The van der Waals surface area contributed by atoms with Gasteiger partial charge >= 0.3 is 0 Å². The number of carbonyl (C=O) groups excluding carboxylic acids is 1. The van der Waals surface area contributed by atoms with Crippen LogP contribution in [0.1, 0.15) is 9.80 Å². The Labute approximate surface area is 87.0 Å². The fourth-order valence-corrected chi connectivity index (χ4v) is 1.75. The summed E-state index contributed by atoms with van der Waals surface area (Å²) >= 11 is 2.30. The van der Waals surface area contributed by atoms with Crippen LogP contribution in [0.3, 0.4) is 0 Å². The first-order valence-corrected chi connectivity index (χ1v) is 5.21. The number of nitrogen functional groups attached to an aromatic ring is 1. The summed E-state index contributed by atoms with van der Waals surface area (Å²) in [6, 6.07) is 0. The number of nitrogens with one attached hydrogen (secondary N) is 1. The average Bonchev–Trinajstić information content (AvgIpc) is 2.75. The van der Waals surface area contributed by atoms with Crippen LogP contribution in [0.15, 0.2) is 11.6 Å². The van der Waals surface area contributed by atoms with E-state index in [0.717, 1.165) is 11.3 Å². The van der Waals surface area contributed by atoms with Gasteiger partial charge in [-0.2, -0.15) is 4.37 Å². The molecular formula is C6H5N5OS2. The molecule has 8 heteroatoms. The smallest absolute Gasteiger partial charge is 0.286 e. The minimum atomic E-state index is -0.320. The molecular weight excluding hydrogens is 222 g/mol. The number of nitrogens with zero attached hydrogens (tertiary/aromatic N) is 3. The normalized spacial score (nSPS) is 10.0. The molecule has 0 spiro atoms. The minimum absolute atomic E-state index is 0.244. The quantitative estimate of drug-likeness (QED) is 0.792. The van der Waals surface area contributed by atoms with E-state index in [1.165, 1.54) is 11.5 Å². The summed E-state index contributed by atoms with van der Waals surface area (Å²) in [7, 11) is 0. The molecule has 0 unspecified atom stereocenters. The molecule has 2 aromatic rings. The molecule has 0 saturated heterocycles. The Bertz CT molecular complexity index is 437. The van der Waals surface area contributed by atoms with Crippen LogP contribution in [-0.2, 0) is 0 Å². The van der Waals surface area contributed by atoms with Crippen molar-refractivity contribution in [3.05, 3.63) is 16.6 Å². The van der Waals surface area contributed by atoms with Gasteiger partial charge in [0.25, 0.3) is 5.91 Å². The van der Waals surface area contributed by atoms with E-state index in [4.69, 9.17) is 5.73 Å². The maximum atomic E-state index is 11.4. The van der Waals surface area contributed by atoms with Gasteiger partial charge in [-0.05, 0) is 11.5 Å². The lowest BCUT2D eigenvalue weighted by molar-refractivity contribution is 0.102. The molecule has 14 heavy (non-hydrogen) atoms. The summed E-state index contributed by atoms with van der Waals surface area (Å²) < 4.78 is 3.84. The number of nitrogens with two attached hydrogens (primary N) is 1. The molecule has 0 atom stereocenters. The Morgan fingerprint density at radius 2 is 2.36 bits per heavy atom. The summed E-state index contributed by atoms with van der Waals surface area (Å²) in [4.78, 5) is 11.4. The van der Waals surface area contributed by atoms with E-state index in [2.05, 4.69) is 19.9 Å². The Morgan fingerprint density at radius 3 is 2.93 bits per heavy atom. The Balaban J connectivity index is 2.10. The molecule has 6 nitrogen and oxygen atoms in total. The van der Waals surface area contributed by atoms with Crippen LogP contribution in [0.2, 0.25) is 0 Å². The highest BCUT2D eigenvalue weighted by Crippen LogP contribution is 2.14. The lowest BCUT2D eigenvalue weighted by Crippen LogP contribution is -2.10. The minimum Gasteiger partial charge on any atom is -0.374 e. The molecule has 0 aromatic carbocycles. The standard InChI is InChI=1S/C6H5N5OS2/c7-6-11-10-5(14-6)4(12)9-3-1-8-13-2-3/h1-2H,(H2,7,11)(H,9,12). The van der Waals surface area contributed by atoms with E-state index in [0.29, 0.717) is 5.69 Å². The second kappa shape index (κ2) is 3.68. The largest absolute Gasteiger partial charge is 0.374 e. The predicted molar refractivity (Wildman–Crippen MR) is 54.4 cm³/mol. The Hall–Kier alpha value is -1.54. The molecule has 0 aliphatic carbocycles. The average molecular weight is 227 g/mol. The maximum absolute atomic E-state index is 11.4. The monoisotopic (exact) mass is 227 g/mol. The summed E-state index contributed by atoms with van der Waals surface area (Å²) in [5.74, 6) is -0.320. The fraction of sp³-hybridized carbons (Fsp3) is 0. The van der Waals surface area contributed by atoms with E-state index >= 15 is 0 Å². The third kappa shape index (κ3) is 1.86. The fourth-order valence-electron chi connectivity index (χ4n) is 0.777. The molecule has 72 valence electrons. The highest BCUT2D eigenvalue weighted by atomic mass is 32.1. The molecule has 3 N–H and O–H groups in total. The van der Waals surface area contributed by atoms with Crippen molar-refractivity contribution in [1.29, 1.82) is 0 Å². The summed E-state index contributed by atoms with van der Waals surface area (Å²) in [6.07, 6.45) is 1.56. The molecule has 0 aliphatic heterocycles. The molecule has 2 aromatic heterocycles. The van der Waals surface area contributed by atoms with Crippen LogP contribution < -0.4 is 11.1 Å². The van der Waals surface area contributed by atoms with Gasteiger partial charge in [0.1, 0.15) is 0 Å². The van der Waals surface area contributed by atoms with Gasteiger partial charge < -0.3 is 11.1 Å². The van der Waals surface area contributed by atoms with Crippen LogP contribution in [0.4, 0.5) is 10.8 Å². The zero-order valence-electron chi connectivity index (χ0n) is 6.80. The van der Waals surface area contributed by atoms with Gasteiger partial charge in [-0.15, -0.1) is 10.2 Å². The molecule has 0 fully saturated rings. The highest BCUT2D eigenvalue weighted by molar-refractivity contribution is 7.17. The first-order chi connectivity index (χ1) is 6.75. The zero-order chi connectivity index (χ0) is 9.97. The van der Waals surface area contributed by atoms with E-state index in [1.54, 1.807) is 11.6 Å². The van der Waals surface area contributed by atoms with Crippen LogP contribution >= 0.6 is 22.9 Å². The second-order valence-electron chi connectivity index (χ2n) is 2.31. The number of rotatable bonds is 2. The van der Waals surface area contributed by atoms with Gasteiger partial charge in [-0.25, -0.2) is 0 Å². The van der Waals surface area contributed by atoms with Gasteiger partial charge in [0.15, 0.2) is 0 Å². The molecule has 0 radical (unpaired) electrons. The van der Waals surface area contributed by atoms with Gasteiger partial charge in [-0.3, -0.25) is 4.79 Å². The molecule has 0 bridgehead atoms. The molecule has 0 saturated carbocycles. The van der Waals surface area contributed by atoms with Crippen LogP contribution in [0.5, 0.6) is 0 Å². The number of amides is 1. The van der Waals surface area contributed by atoms with Gasteiger partial charge in [0.2, 0.25) is 10.1 Å². The van der Waals surface area contributed by atoms with Crippen molar-refractivity contribution >= 4 is 39.6 Å². The SMILES string of the molecule is Nc1nnc(C(=O)Nc2cnsc2)s1. The Kier molecular flexibility index (Phi) is 2.37. The first-order valence-electron chi connectivity index (χ1n) is 3.55. The van der Waals surface area contributed by atoms with Crippen molar-refractivity contribution in [3.8, 4) is 0 Å². The highest BCUT2D eigenvalue weighted by Gasteiger charge is 2.11. The number of hydrogen-bond donors (Lipinski definition) is 2. The molecule has 1 amide bonds. The van der Waals surface area contributed by atoms with E-state index in [1.807, 2.05) is 0 Å². The van der Waals surface area contributed by atoms with Gasteiger partial charge in [-0.1, -0.05) is 11.3 Å². The third-order valence-electron chi connectivity index (χ3n) is 1.33. The van der Waals surface area contributed by atoms with Crippen LogP contribution in [0, 0.1) is 0 Å². The predicted octanol–water partition coefficient (Wildman–Crippen LogP) is 0.829. The summed E-state index contributed by atoms with van der Waals surface area (Å²) in [5, 5.41) is 12.0.